The van der Waals surface area contributed by atoms with E-state index in [9.17, 15) is 18.0 Å². The Morgan fingerprint density at radius 3 is 2.41 bits per heavy atom. The van der Waals surface area contributed by atoms with Gasteiger partial charge in [-0.1, -0.05) is 36.4 Å². The number of hydrazine groups is 1. The molecule has 0 spiro atoms. The number of hydrogen-bond acceptors (Lipinski definition) is 6. The lowest BCUT2D eigenvalue weighted by Gasteiger charge is -2.09. The van der Waals surface area contributed by atoms with Crippen molar-refractivity contribution in [2.75, 3.05) is 0 Å². The summed E-state index contributed by atoms with van der Waals surface area (Å²) >= 11 is 0. The smallest absolute Gasteiger partial charge is 0.307 e. The summed E-state index contributed by atoms with van der Waals surface area (Å²) in [6.45, 7) is 1.70. The van der Waals surface area contributed by atoms with Crippen LogP contribution < -0.4 is 15.6 Å². The summed E-state index contributed by atoms with van der Waals surface area (Å²) in [5.41, 5.74) is 5.63. The molecule has 1 heterocycles. The summed E-state index contributed by atoms with van der Waals surface area (Å²) in [5.74, 6) is -1.40. The first kappa shape index (κ1) is 20.2. The number of nitrogens with zero attached hydrogens (tertiary/aromatic N) is 1. The third-order valence-electron chi connectivity index (χ3n) is 3.96. The van der Waals surface area contributed by atoms with E-state index in [1.54, 1.807) is 19.1 Å². The van der Waals surface area contributed by atoms with Gasteiger partial charge in [0.1, 0.15) is 0 Å². The molecule has 0 atom stereocenters. The Morgan fingerprint density at radius 2 is 1.72 bits per heavy atom. The summed E-state index contributed by atoms with van der Waals surface area (Å²) < 4.78 is 32.4. The minimum absolute atomic E-state index is 0.0354. The Bertz CT molecular complexity index is 1130. The minimum Gasteiger partial charge on any atom is -0.438 e. The Labute approximate surface area is 167 Å². The molecule has 3 aromatic rings. The number of aryl methyl sites for hydroxylation is 1. The molecule has 0 radical (unpaired) electrons. The molecule has 3 rings (SSSR count). The van der Waals surface area contributed by atoms with Crippen LogP contribution in [0.15, 0.2) is 70.3 Å². The van der Waals surface area contributed by atoms with Gasteiger partial charge in [0.05, 0.1) is 10.6 Å². The predicted molar refractivity (Wildman–Crippen MR) is 103 cm³/mol. The van der Waals surface area contributed by atoms with E-state index >= 15 is 0 Å². The van der Waals surface area contributed by atoms with Gasteiger partial charge in [-0.05, 0) is 30.7 Å². The molecule has 0 aliphatic heterocycles. The number of nitrogens with one attached hydrogen (secondary N) is 3. The summed E-state index contributed by atoms with van der Waals surface area (Å²) in [4.78, 5) is 27.9. The van der Waals surface area contributed by atoms with Crippen molar-refractivity contribution in [1.82, 2.24) is 20.6 Å². The van der Waals surface area contributed by atoms with Crippen molar-refractivity contribution >= 4 is 21.8 Å². The molecule has 3 N–H and O–H groups in total. The Kier molecular flexibility index (Phi) is 6.05. The van der Waals surface area contributed by atoms with Gasteiger partial charge in [0.2, 0.25) is 15.8 Å². The average molecular weight is 414 g/mol. The predicted octanol–water partition coefficient (Wildman–Crippen LogP) is 1.54. The third-order valence-corrected chi connectivity index (χ3v) is 5.36. The lowest BCUT2D eigenvalue weighted by molar-refractivity contribution is 0.0830. The fourth-order valence-corrected chi connectivity index (χ4v) is 3.49. The number of sulfonamides is 1. The maximum absolute atomic E-state index is 12.5. The van der Waals surface area contributed by atoms with E-state index in [4.69, 9.17) is 4.42 Å². The van der Waals surface area contributed by atoms with E-state index in [1.807, 2.05) is 18.2 Å². The van der Waals surface area contributed by atoms with Crippen molar-refractivity contribution in [1.29, 1.82) is 0 Å². The van der Waals surface area contributed by atoms with Crippen molar-refractivity contribution in [3.05, 3.63) is 83.6 Å². The first-order chi connectivity index (χ1) is 13.9. The molecule has 0 aliphatic carbocycles. The number of benzene rings is 2. The van der Waals surface area contributed by atoms with Crippen LogP contribution in [0.2, 0.25) is 0 Å². The van der Waals surface area contributed by atoms with Gasteiger partial charge in [-0.15, -0.1) is 0 Å². The molecular weight excluding hydrogens is 396 g/mol. The highest BCUT2D eigenvalue weighted by atomic mass is 32.2. The van der Waals surface area contributed by atoms with Crippen LogP contribution in [-0.4, -0.2) is 25.2 Å². The second-order valence-corrected chi connectivity index (χ2v) is 7.78. The average Bonchev–Trinajstić information content (AvgIpc) is 3.17. The van der Waals surface area contributed by atoms with Crippen LogP contribution in [0.3, 0.4) is 0 Å². The molecular formula is C19H18N4O5S. The second-order valence-electron chi connectivity index (χ2n) is 6.01. The molecule has 0 saturated heterocycles. The normalized spacial score (nSPS) is 11.1. The molecule has 0 unspecified atom stereocenters. The number of hydrogen-bond donors (Lipinski definition) is 3. The van der Waals surface area contributed by atoms with E-state index in [2.05, 4.69) is 20.6 Å². The lowest BCUT2D eigenvalue weighted by Crippen LogP contribution is -2.41. The summed E-state index contributed by atoms with van der Waals surface area (Å²) in [6, 6.07) is 14.5. The van der Waals surface area contributed by atoms with Crippen molar-refractivity contribution in [2.45, 2.75) is 18.4 Å². The number of carbonyl (C=O) groups is 2. The number of oxazole rings is 1. The zero-order valence-corrected chi connectivity index (χ0v) is 16.2. The Morgan fingerprint density at radius 1 is 1.00 bits per heavy atom. The van der Waals surface area contributed by atoms with E-state index in [-0.39, 0.29) is 22.8 Å². The lowest BCUT2D eigenvalue weighted by atomic mass is 10.2. The SMILES string of the molecule is Cc1ncoc1C(=O)NNC(=O)c1cccc(S(=O)(=O)NCc2ccccc2)c1. The topological polar surface area (TPSA) is 130 Å². The highest BCUT2D eigenvalue weighted by molar-refractivity contribution is 7.89. The first-order valence-corrected chi connectivity index (χ1v) is 9.99. The Hall–Kier alpha value is -3.50. The van der Waals surface area contributed by atoms with Gasteiger partial charge >= 0.3 is 5.91 Å². The quantitative estimate of drug-likeness (QED) is 0.525. The number of rotatable bonds is 6. The molecule has 0 fully saturated rings. The number of carbonyl (C=O) groups excluding carboxylic acids is 2. The van der Waals surface area contributed by atoms with Crippen LogP contribution in [0.1, 0.15) is 32.2 Å². The summed E-state index contributed by atoms with van der Waals surface area (Å²) in [6.07, 6.45) is 1.11. The van der Waals surface area contributed by atoms with Crippen LogP contribution in [0, 0.1) is 6.92 Å². The molecule has 0 saturated carbocycles. The largest absolute Gasteiger partial charge is 0.438 e. The van der Waals surface area contributed by atoms with Crippen LogP contribution in [-0.2, 0) is 16.6 Å². The second kappa shape index (κ2) is 8.67. The first-order valence-electron chi connectivity index (χ1n) is 8.51. The molecule has 10 heteroatoms. The van der Waals surface area contributed by atoms with E-state index in [0.29, 0.717) is 5.69 Å². The third kappa shape index (κ3) is 5.06. The van der Waals surface area contributed by atoms with Crippen molar-refractivity contribution in [3.8, 4) is 0 Å². The van der Waals surface area contributed by atoms with Crippen LogP contribution in [0.4, 0.5) is 0 Å². The number of amides is 2. The van der Waals surface area contributed by atoms with Crippen LogP contribution in [0.5, 0.6) is 0 Å². The van der Waals surface area contributed by atoms with Crippen LogP contribution in [0.25, 0.3) is 0 Å². The monoisotopic (exact) mass is 414 g/mol. The molecule has 2 amide bonds. The zero-order chi connectivity index (χ0) is 20.9. The van der Waals surface area contributed by atoms with Gasteiger partial charge in [-0.2, -0.15) is 0 Å². The van der Waals surface area contributed by atoms with Gasteiger partial charge in [0, 0.05) is 12.1 Å². The molecule has 2 aromatic carbocycles. The maximum atomic E-state index is 12.5. The van der Waals surface area contributed by atoms with Gasteiger partial charge in [-0.25, -0.2) is 18.1 Å². The van der Waals surface area contributed by atoms with Gasteiger partial charge < -0.3 is 4.42 Å². The number of aromatic nitrogens is 1. The van der Waals surface area contributed by atoms with Crippen molar-refractivity contribution < 1.29 is 22.4 Å². The minimum atomic E-state index is -3.83. The van der Waals surface area contributed by atoms with Gasteiger partial charge in [0.25, 0.3) is 5.91 Å². The summed E-state index contributed by atoms with van der Waals surface area (Å²) in [5, 5.41) is 0. The molecule has 0 aliphatic rings. The van der Waals surface area contributed by atoms with E-state index in [0.717, 1.165) is 12.0 Å². The molecule has 150 valence electrons. The Balaban J connectivity index is 1.65. The fourth-order valence-electron chi connectivity index (χ4n) is 2.42. The summed E-state index contributed by atoms with van der Waals surface area (Å²) in [7, 11) is -3.83. The zero-order valence-electron chi connectivity index (χ0n) is 15.4. The van der Waals surface area contributed by atoms with E-state index in [1.165, 1.54) is 24.3 Å². The molecule has 0 bridgehead atoms. The molecule has 1 aromatic heterocycles. The standard InChI is InChI=1S/C19H18N4O5S/c1-13-17(28-12-20-13)19(25)23-22-18(24)15-8-5-9-16(10-15)29(26,27)21-11-14-6-3-2-4-7-14/h2-10,12,21H,11H2,1H3,(H,22,24)(H,23,25). The highest BCUT2D eigenvalue weighted by Crippen LogP contribution is 2.12. The highest BCUT2D eigenvalue weighted by Gasteiger charge is 2.18. The fraction of sp³-hybridized carbons (Fsp3) is 0.105. The maximum Gasteiger partial charge on any atom is 0.307 e. The molecule has 29 heavy (non-hydrogen) atoms. The van der Waals surface area contributed by atoms with Gasteiger partial charge in [-0.3, -0.25) is 20.4 Å². The van der Waals surface area contributed by atoms with Crippen LogP contribution >= 0.6 is 0 Å². The van der Waals surface area contributed by atoms with Crippen molar-refractivity contribution in [2.24, 2.45) is 0 Å². The van der Waals surface area contributed by atoms with E-state index < -0.39 is 21.8 Å². The van der Waals surface area contributed by atoms with Crippen molar-refractivity contribution in [3.63, 3.8) is 0 Å². The van der Waals surface area contributed by atoms with Gasteiger partial charge in [0.15, 0.2) is 6.39 Å². The molecule has 9 nitrogen and oxygen atoms in total.